The summed E-state index contributed by atoms with van der Waals surface area (Å²) in [5.74, 6) is 6.26. The molecule has 1 saturated carbocycles. The molecule has 2 aliphatic rings. The molecule has 1 aliphatic heterocycles. The van der Waals surface area contributed by atoms with E-state index >= 15 is 0 Å². The molecule has 1 heterocycles. The lowest BCUT2D eigenvalue weighted by Gasteiger charge is -2.47. The molecule has 0 aromatic heterocycles. The maximum Gasteiger partial charge on any atom is 0.190 e. The minimum absolute atomic E-state index is 0.0447. The van der Waals surface area contributed by atoms with Crippen LogP contribution in [-0.4, -0.2) is 37.2 Å². The Labute approximate surface area is 124 Å². The molecule has 1 aromatic carbocycles. The smallest absolute Gasteiger partial charge is 0.190 e. The molecule has 1 aliphatic carbocycles. The van der Waals surface area contributed by atoms with E-state index in [1.165, 1.54) is 0 Å². The van der Waals surface area contributed by atoms with Crippen molar-refractivity contribution in [2.75, 3.05) is 26.1 Å². The van der Waals surface area contributed by atoms with E-state index in [9.17, 15) is 0 Å². The highest BCUT2D eigenvalue weighted by Gasteiger charge is 2.53. The zero-order chi connectivity index (χ0) is 14.9. The van der Waals surface area contributed by atoms with Crippen LogP contribution in [0.3, 0.4) is 0 Å². The van der Waals surface area contributed by atoms with Crippen LogP contribution in [0, 0.1) is 0 Å². The number of nitrogens with zero attached hydrogens (tertiary/aromatic N) is 1. The van der Waals surface area contributed by atoms with Crippen molar-refractivity contribution in [3.63, 3.8) is 0 Å². The van der Waals surface area contributed by atoms with E-state index in [-0.39, 0.29) is 6.04 Å². The molecule has 0 radical (unpaired) electrons. The molecule has 6 heteroatoms. The second-order valence-corrected chi connectivity index (χ2v) is 5.30. The van der Waals surface area contributed by atoms with E-state index in [2.05, 4.69) is 0 Å². The first-order chi connectivity index (χ1) is 10.2. The summed E-state index contributed by atoms with van der Waals surface area (Å²) in [5.41, 5.74) is 7.37. The summed E-state index contributed by atoms with van der Waals surface area (Å²) in [5, 5.41) is 1.65. The maximum atomic E-state index is 6.13. The van der Waals surface area contributed by atoms with Crippen molar-refractivity contribution in [1.82, 2.24) is 5.01 Å². The van der Waals surface area contributed by atoms with Gasteiger partial charge in [-0.05, 0) is 18.6 Å². The molecule has 3 rings (SSSR count). The van der Waals surface area contributed by atoms with E-state index in [4.69, 9.17) is 25.8 Å². The molecule has 1 atom stereocenters. The van der Waals surface area contributed by atoms with Crippen LogP contribution >= 0.6 is 0 Å². The predicted molar refractivity (Wildman–Crippen MR) is 80.1 cm³/mol. The average Bonchev–Trinajstić information content (AvgIpc) is 2.96. The van der Waals surface area contributed by atoms with Crippen LogP contribution in [0.1, 0.15) is 18.4 Å². The second-order valence-electron chi connectivity index (χ2n) is 5.30. The molecule has 1 spiro atoms. The summed E-state index contributed by atoms with van der Waals surface area (Å²) in [7, 11) is 1.60. The van der Waals surface area contributed by atoms with Gasteiger partial charge in [0.15, 0.2) is 5.79 Å². The van der Waals surface area contributed by atoms with Crippen LogP contribution in [0.15, 0.2) is 24.4 Å². The minimum atomic E-state index is -0.515. The van der Waals surface area contributed by atoms with Gasteiger partial charge in [-0.25, -0.2) is 5.84 Å². The quantitative estimate of drug-likeness (QED) is 0.495. The van der Waals surface area contributed by atoms with E-state index in [0.717, 1.165) is 18.4 Å². The van der Waals surface area contributed by atoms with Gasteiger partial charge in [0.25, 0.3) is 0 Å². The highest BCUT2D eigenvalue weighted by Crippen LogP contribution is 2.42. The summed E-state index contributed by atoms with van der Waals surface area (Å²) >= 11 is 0. The summed E-state index contributed by atoms with van der Waals surface area (Å²) in [4.78, 5) is 0. The van der Waals surface area contributed by atoms with Gasteiger partial charge in [-0.3, -0.25) is 0 Å². The first-order valence-corrected chi connectivity index (χ1v) is 7.08. The fraction of sp³-hybridized carbons (Fsp3) is 0.467. The summed E-state index contributed by atoms with van der Waals surface area (Å²) < 4.78 is 16.7. The molecule has 0 amide bonds. The summed E-state index contributed by atoms with van der Waals surface area (Å²) in [6.45, 7) is 1.27. The van der Waals surface area contributed by atoms with Gasteiger partial charge in [0, 0.05) is 18.2 Å². The van der Waals surface area contributed by atoms with Crippen LogP contribution in [0.4, 0.5) is 5.69 Å². The Morgan fingerprint density at radius 3 is 2.76 bits per heavy atom. The zero-order valence-corrected chi connectivity index (χ0v) is 12.1. The van der Waals surface area contributed by atoms with Crippen molar-refractivity contribution in [3.8, 4) is 5.75 Å². The Bertz CT molecular complexity index is 541. The molecule has 2 fully saturated rings. The van der Waals surface area contributed by atoms with Crippen molar-refractivity contribution >= 4 is 11.8 Å². The number of benzene rings is 1. The van der Waals surface area contributed by atoms with E-state index in [1.54, 1.807) is 18.2 Å². The third-order valence-electron chi connectivity index (χ3n) is 4.12. The normalized spacial score (nSPS) is 23.4. The molecule has 1 aromatic rings. The third kappa shape index (κ3) is 2.46. The molecular weight excluding hydrogens is 270 g/mol. The largest absolute Gasteiger partial charge is 0.494 e. The standard InChI is InChI=1S/C15H21N3O3/c1-19-14-11(3-2-4-12(14)16)6-8-18(17)13-5-7-15(13)20-9-10-21-15/h2-4,6,8,13H,5,7,9-10,16-17H2,1H3/b8-6+. The average molecular weight is 291 g/mol. The van der Waals surface area contributed by atoms with Gasteiger partial charge in [-0.2, -0.15) is 0 Å². The molecule has 21 heavy (non-hydrogen) atoms. The Morgan fingerprint density at radius 2 is 2.14 bits per heavy atom. The third-order valence-corrected chi connectivity index (χ3v) is 4.12. The Kier molecular flexibility index (Phi) is 3.75. The maximum absolute atomic E-state index is 6.13. The Morgan fingerprint density at radius 1 is 1.38 bits per heavy atom. The van der Waals surface area contributed by atoms with Gasteiger partial charge in [0.1, 0.15) is 5.75 Å². The number of methoxy groups -OCH3 is 1. The molecule has 6 nitrogen and oxygen atoms in total. The first kappa shape index (κ1) is 14.2. The van der Waals surface area contributed by atoms with E-state index in [1.807, 2.05) is 24.4 Å². The Hall–Kier alpha value is -1.76. The number of nitrogen functional groups attached to an aromatic ring is 1. The lowest BCUT2D eigenvalue weighted by molar-refractivity contribution is -0.247. The molecule has 1 unspecified atom stereocenters. The molecule has 1 saturated heterocycles. The van der Waals surface area contributed by atoms with Crippen LogP contribution in [0.25, 0.3) is 6.08 Å². The van der Waals surface area contributed by atoms with Gasteiger partial charge in [0.05, 0.1) is 32.1 Å². The second kappa shape index (κ2) is 5.55. The molecular formula is C15H21N3O3. The van der Waals surface area contributed by atoms with Crippen molar-refractivity contribution in [2.45, 2.75) is 24.7 Å². The minimum Gasteiger partial charge on any atom is -0.494 e. The van der Waals surface area contributed by atoms with Crippen molar-refractivity contribution in [3.05, 3.63) is 30.0 Å². The van der Waals surface area contributed by atoms with Gasteiger partial charge in [0.2, 0.25) is 0 Å². The Balaban J connectivity index is 1.73. The lowest BCUT2D eigenvalue weighted by atomic mass is 9.84. The number of hydrazine groups is 1. The topological polar surface area (TPSA) is 83.0 Å². The van der Waals surface area contributed by atoms with Crippen molar-refractivity contribution in [1.29, 1.82) is 0 Å². The zero-order valence-electron chi connectivity index (χ0n) is 12.1. The number of nitrogens with two attached hydrogens (primary N) is 2. The van der Waals surface area contributed by atoms with Gasteiger partial charge in [-0.15, -0.1) is 0 Å². The number of para-hydroxylation sites is 1. The fourth-order valence-electron chi connectivity index (χ4n) is 2.90. The number of ether oxygens (including phenoxy) is 3. The van der Waals surface area contributed by atoms with Crippen molar-refractivity contribution < 1.29 is 14.2 Å². The number of hydrogen-bond donors (Lipinski definition) is 2. The van der Waals surface area contributed by atoms with Crippen LogP contribution in [0.2, 0.25) is 0 Å². The van der Waals surface area contributed by atoms with Crippen LogP contribution in [0.5, 0.6) is 5.75 Å². The molecule has 4 N–H and O–H groups in total. The first-order valence-electron chi connectivity index (χ1n) is 7.08. The highest BCUT2D eigenvalue weighted by molar-refractivity contribution is 5.67. The van der Waals surface area contributed by atoms with E-state index < -0.39 is 5.79 Å². The van der Waals surface area contributed by atoms with Crippen LogP contribution in [-0.2, 0) is 9.47 Å². The monoisotopic (exact) mass is 291 g/mol. The molecule has 114 valence electrons. The van der Waals surface area contributed by atoms with Gasteiger partial charge >= 0.3 is 0 Å². The highest BCUT2D eigenvalue weighted by atomic mass is 16.7. The fourth-order valence-corrected chi connectivity index (χ4v) is 2.90. The van der Waals surface area contributed by atoms with Crippen molar-refractivity contribution in [2.24, 2.45) is 5.84 Å². The number of anilines is 1. The van der Waals surface area contributed by atoms with Crippen LogP contribution < -0.4 is 16.3 Å². The lowest BCUT2D eigenvalue weighted by Crippen LogP contribution is -2.61. The SMILES string of the molecule is COc1c(N)cccc1/C=C/N(N)C1CCC12OCCO2. The van der Waals surface area contributed by atoms with Gasteiger partial charge < -0.3 is 25.0 Å². The number of hydrogen-bond acceptors (Lipinski definition) is 6. The molecule has 0 bridgehead atoms. The number of rotatable bonds is 4. The predicted octanol–water partition coefficient (Wildman–Crippen LogP) is 1.33. The van der Waals surface area contributed by atoms with E-state index in [0.29, 0.717) is 24.7 Å². The van der Waals surface area contributed by atoms with Gasteiger partial charge in [-0.1, -0.05) is 12.1 Å². The summed E-state index contributed by atoms with van der Waals surface area (Å²) in [6, 6.07) is 5.66. The summed E-state index contributed by atoms with van der Waals surface area (Å²) in [6.07, 6.45) is 5.54.